The van der Waals surface area contributed by atoms with E-state index in [-0.39, 0.29) is 49.2 Å². The number of benzene rings is 4. The molecule has 0 bridgehead atoms. The molecule has 60 heavy (non-hydrogen) atoms. The first kappa shape index (κ1) is 43.2. The molecular formula is C45H45BF2N4O8. The Balaban J connectivity index is 1.25. The number of carbonyl (C=O) groups is 2. The monoisotopic (exact) mass is 818 g/mol. The Labute approximate surface area is 347 Å². The van der Waals surface area contributed by atoms with E-state index in [2.05, 4.69) is 5.32 Å². The van der Waals surface area contributed by atoms with Gasteiger partial charge in [0.05, 0.1) is 51.7 Å². The zero-order valence-corrected chi connectivity index (χ0v) is 33.1. The zero-order valence-electron chi connectivity index (χ0n) is 33.1. The molecule has 12 nitrogen and oxygen atoms in total. The second kappa shape index (κ2) is 22.1. The van der Waals surface area contributed by atoms with Crippen LogP contribution in [0, 0.1) is 0 Å². The molecule has 310 valence electrons. The normalized spacial score (nSPS) is 12.9. The topological polar surface area (TPSA) is 142 Å². The van der Waals surface area contributed by atoms with Crippen molar-refractivity contribution in [1.82, 2.24) is 9.79 Å². The molecule has 6 rings (SSSR count). The quantitative estimate of drug-likeness (QED) is 0.0507. The van der Waals surface area contributed by atoms with Gasteiger partial charge < -0.3 is 38.6 Å². The third-order valence-electron chi connectivity index (χ3n) is 9.19. The number of amides is 1. The first-order chi connectivity index (χ1) is 29.3. The summed E-state index contributed by atoms with van der Waals surface area (Å²) in [6, 6.07) is 34.7. The number of rotatable bonds is 23. The van der Waals surface area contributed by atoms with Crippen LogP contribution in [0.4, 0.5) is 14.4 Å². The molecule has 0 saturated carbocycles. The second-order valence-electron chi connectivity index (χ2n) is 13.3. The van der Waals surface area contributed by atoms with Crippen LogP contribution in [0.3, 0.4) is 0 Å². The molecule has 0 aliphatic carbocycles. The van der Waals surface area contributed by atoms with Crippen molar-refractivity contribution in [2.24, 2.45) is 9.98 Å². The van der Waals surface area contributed by atoms with Gasteiger partial charge in [0.15, 0.2) is 5.84 Å². The van der Waals surface area contributed by atoms with Crippen molar-refractivity contribution < 1.29 is 47.0 Å². The number of halogens is 2. The minimum atomic E-state index is -2.94. The molecule has 0 unspecified atom stereocenters. The maximum atomic E-state index is 15.4. The van der Waals surface area contributed by atoms with Gasteiger partial charge in [-0.05, 0) is 77.4 Å². The predicted octanol–water partition coefficient (Wildman–Crippen LogP) is 7.63. The van der Waals surface area contributed by atoms with Gasteiger partial charge in [0, 0.05) is 35.9 Å². The molecule has 0 spiro atoms. The molecule has 0 radical (unpaired) electrons. The van der Waals surface area contributed by atoms with Crippen molar-refractivity contribution in [3.8, 4) is 33.9 Å². The maximum absolute atomic E-state index is 15.4. The van der Waals surface area contributed by atoms with E-state index in [0.29, 0.717) is 79.1 Å². The standard InChI is InChI=1S/C45H45BF2N4O8/c1-56-24-25-57-26-27-58-28-29-60-37-18-14-35(15-19-37)41-31-39(33-10-6-3-7-11-33)45(52(41)46(47)48)51-44-38(32-8-4-2-5-9-32)30-40(50-44)34-12-16-36(17-13-34)59-23-22-49-42(53)20-21-43(54)55/h2-19,30-31H,20-29H2,1H3,(H,49,53)(H,54,55)/b51-44-. The van der Waals surface area contributed by atoms with E-state index < -0.39 is 13.4 Å². The smallest absolute Gasteiger partial charge is 0.492 e. The predicted molar refractivity (Wildman–Crippen MR) is 228 cm³/mol. The number of carbonyl (C=O) groups excluding carboxylic acids is 1. The molecule has 1 aromatic heterocycles. The lowest BCUT2D eigenvalue weighted by Crippen LogP contribution is -2.28. The Kier molecular flexibility index (Phi) is 15.9. The van der Waals surface area contributed by atoms with Crippen molar-refractivity contribution in [2.45, 2.75) is 12.8 Å². The Bertz CT molecular complexity index is 2270. The lowest BCUT2D eigenvalue weighted by molar-refractivity contribution is -0.138. The van der Waals surface area contributed by atoms with E-state index in [1.165, 1.54) is 0 Å². The van der Waals surface area contributed by atoms with Crippen LogP contribution in [0.15, 0.2) is 131 Å². The Morgan fingerprint density at radius 2 is 1.30 bits per heavy atom. The maximum Gasteiger partial charge on any atom is 0.679 e. The molecule has 2 heterocycles. The van der Waals surface area contributed by atoms with Gasteiger partial charge in [0.25, 0.3) is 0 Å². The van der Waals surface area contributed by atoms with Crippen molar-refractivity contribution in [3.63, 3.8) is 0 Å². The van der Waals surface area contributed by atoms with Gasteiger partial charge in [0.1, 0.15) is 30.5 Å². The average molecular weight is 819 g/mol. The lowest BCUT2D eigenvalue weighted by Gasteiger charge is -2.11. The fourth-order valence-corrected chi connectivity index (χ4v) is 6.25. The SMILES string of the molecule is COCCOCCOCCOc1ccc(-c2cc(-c3ccccc3)c(/N=C3\N=C(c4ccc(OCCNC(=O)CCC(=O)O)cc4)C=C3c3ccccc3)n2B(F)F)cc1. The van der Waals surface area contributed by atoms with Crippen LogP contribution in [0.1, 0.15) is 24.0 Å². The van der Waals surface area contributed by atoms with E-state index >= 15 is 8.63 Å². The van der Waals surface area contributed by atoms with E-state index in [1.54, 1.807) is 49.6 Å². The largest absolute Gasteiger partial charge is 0.679 e. The fraction of sp³-hybridized carbons (Fsp3) is 0.244. The van der Waals surface area contributed by atoms with Gasteiger partial charge in [0.2, 0.25) is 5.91 Å². The summed E-state index contributed by atoms with van der Waals surface area (Å²) in [4.78, 5) is 32.4. The molecule has 0 fully saturated rings. The molecule has 2 N–H and O–H groups in total. The van der Waals surface area contributed by atoms with Crippen molar-refractivity contribution >= 4 is 42.2 Å². The molecule has 0 atom stereocenters. The minimum Gasteiger partial charge on any atom is -0.492 e. The first-order valence-electron chi connectivity index (χ1n) is 19.4. The highest BCUT2D eigenvalue weighted by Gasteiger charge is 2.30. The van der Waals surface area contributed by atoms with Crippen LogP contribution in [-0.2, 0) is 23.8 Å². The van der Waals surface area contributed by atoms with Gasteiger partial charge >= 0.3 is 13.4 Å². The summed E-state index contributed by atoms with van der Waals surface area (Å²) >= 11 is 0. The van der Waals surface area contributed by atoms with Crippen molar-refractivity contribution in [3.05, 3.63) is 132 Å². The van der Waals surface area contributed by atoms with Gasteiger partial charge in [-0.3, -0.25) is 18.2 Å². The Hall–Kier alpha value is -6.42. The molecule has 1 amide bonds. The molecule has 5 aromatic rings. The van der Waals surface area contributed by atoms with Gasteiger partial charge in [-0.15, -0.1) is 0 Å². The van der Waals surface area contributed by atoms with Gasteiger partial charge in [-0.2, -0.15) is 0 Å². The summed E-state index contributed by atoms with van der Waals surface area (Å²) in [5.74, 6) is 0.0442. The summed E-state index contributed by atoms with van der Waals surface area (Å²) < 4.78 is 59.2. The summed E-state index contributed by atoms with van der Waals surface area (Å²) in [6.45, 7) is 2.97. The van der Waals surface area contributed by atoms with E-state index in [4.69, 9.17) is 38.8 Å². The minimum absolute atomic E-state index is 0.0514. The number of carboxylic acid groups (broad SMARTS) is 1. The Morgan fingerprint density at radius 1 is 0.717 bits per heavy atom. The van der Waals surface area contributed by atoms with Crippen LogP contribution < -0.4 is 14.8 Å². The summed E-state index contributed by atoms with van der Waals surface area (Å²) in [7, 11) is -1.33. The number of hydrogen-bond donors (Lipinski definition) is 2. The number of ether oxygens (including phenoxy) is 5. The van der Waals surface area contributed by atoms with Crippen LogP contribution in [-0.4, -0.2) is 100 Å². The van der Waals surface area contributed by atoms with E-state index in [0.717, 1.165) is 15.6 Å². The summed E-state index contributed by atoms with van der Waals surface area (Å²) in [5, 5.41) is 11.4. The number of aromatic nitrogens is 1. The number of methoxy groups -OCH3 is 1. The average Bonchev–Trinajstić information content (AvgIpc) is 3.87. The van der Waals surface area contributed by atoms with Crippen molar-refractivity contribution in [1.29, 1.82) is 0 Å². The number of hydrogen-bond acceptors (Lipinski definition) is 8. The van der Waals surface area contributed by atoms with Gasteiger partial charge in [-0.25, -0.2) is 9.98 Å². The van der Waals surface area contributed by atoms with Crippen molar-refractivity contribution in [2.75, 3.05) is 59.9 Å². The number of carboxylic acids is 1. The second-order valence-corrected chi connectivity index (χ2v) is 13.3. The number of aliphatic carboxylic acids is 1. The van der Waals surface area contributed by atoms with Crippen LogP contribution in [0.2, 0.25) is 0 Å². The van der Waals surface area contributed by atoms with Gasteiger partial charge in [-0.1, -0.05) is 60.7 Å². The molecular weight excluding hydrogens is 773 g/mol. The molecule has 15 heteroatoms. The number of amidine groups is 1. The number of allylic oxidation sites excluding steroid dienone is 1. The first-order valence-corrected chi connectivity index (χ1v) is 19.4. The summed E-state index contributed by atoms with van der Waals surface area (Å²) in [5.41, 5.74) is 4.85. The highest BCUT2D eigenvalue weighted by Crippen LogP contribution is 2.41. The highest BCUT2D eigenvalue weighted by molar-refractivity contribution is 6.43. The lowest BCUT2D eigenvalue weighted by atomic mass is 10.0. The van der Waals surface area contributed by atoms with Crippen LogP contribution in [0.25, 0.3) is 28.0 Å². The van der Waals surface area contributed by atoms with E-state index in [1.807, 2.05) is 78.9 Å². The van der Waals surface area contributed by atoms with Crippen LogP contribution in [0.5, 0.6) is 11.5 Å². The number of aliphatic imine (C=N–C) groups is 2. The summed E-state index contributed by atoms with van der Waals surface area (Å²) in [6.07, 6.45) is 1.54. The zero-order chi connectivity index (χ0) is 42.1. The third kappa shape index (κ3) is 12.1. The Morgan fingerprint density at radius 3 is 1.92 bits per heavy atom. The molecule has 1 aliphatic rings. The number of nitrogens with one attached hydrogen (secondary N) is 1. The van der Waals surface area contributed by atoms with E-state index in [9.17, 15) is 9.59 Å². The molecule has 0 saturated heterocycles. The fourth-order valence-electron chi connectivity index (χ4n) is 6.25. The van der Waals surface area contributed by atoms with Crippen LogP contribution >= 0.6 is 0 Å². The highest BCUT2D eigenvalue weighted by atomic mass is 19.2. The third-order valence-corrected chi connectivity index (χ3v) is 9.19. The molecule has 1 aliphatic heterocycles. The molecule has 4 aromatic carbocycles. The number of nitrogens with zero attached hydrogens (tertiary/aromatic N) is 3.